The zero-order valence-corrected chi connectivity index (χ0v) is 8.46. The highest BCUT2D eigenvalue weighted by Gasteiger charge is 2.15. The minimum atomic E-state index is -2.69. The minimum Gasteiger partial charge on any atom is -0.364 e. The second-order valence-electron chi connectivity index (χ2n) is 2.23. The van der Waals surface area contributed by atoms with E-state index in [2.05, 4.69) is 4.98 Å². The lowest BCUT2D eigenvalue weighted by molar-refractivity contribution is 0.0993. The molecule has 1 amide bonds. The number of carbonyl (C=O) groups excluding carboxylic acids is 1. The van der Waals surface area contributed by atoms with Gasteiger partial charge in [0.1, 0.15) is 11.4 Å². The zero-order valence-electron chi connectivity index (χ0n) is 6.30. The number of amides is 1. The van der Waals surface area contributed by atoms with Crippen LogP contribution in [0.25, 0.3) is 0 Å². The van der Waals surface area contributed by atoms with Crippen molar-refractivity contribution in [3.05, 3.63) is 27.1 Å². The lowest BCUT2D eigenvalue weighted by Gasteiger charge is -2.03. The van der Waals surface area contributed by atoms with Gasteiger partial charge in [0.05, 0.1) is 0 Å². The summed E-state index contributed by atoms with van der Waals surface area (Å²) >= 11 is 1.72. The van der Waals surface area contributed by atoms with Crippen LogP contribution in [0, 0.1) is 3.57 Å². The third kappa shape index (κ3) is 2.33. The van der Waals surface area contributed by atoms with Crippen LogP contribution in [0.3, 0.4) is 0 Å². The molecule has 70 valence electrons. The number of halogens is 3. The molecule has 0 fully saturated rings. The van der Waals surface area contributed by atoms with Crippen molar-refractivity contribution in [2.24, 2.45) is 5.73 Å². The fourth-order valence-electron chi connectivity index (χ4n) is 0.748. The molecule has 6 heteroatoms. The highest BCUT2D eigenvalue weighted by molar-refractivity contribution is 14.1. The molecule has 1 aromatic heterocycles. The van der Waals surface area contributed by atoms with Gasteiger partial charge in [-0.2, -0.15) is 0 Å². The number of aromatic nitrogens is 1. The van der Waals surface area contributed by atoms with Crippen molar-refractivity contribution in [1.82, 2.24) is 4.98 Å². The van der Waals surface area contributed by atoms with Crippen molar-refractivity contribution in [2.45, 2.75) is 6.43 Å². The minimum absolute atomic E-state index is 0.143. The van der Waals surface area contributed by atoms with Gasteiger partial charge >= 0.3 is 0 Å². The smallest absolute Gasteiger partial charge is 0.281 e. The quantitative estimate of drug-likeness (QED) is 0.845. The predicted molar refractivity (Wildman–Crippen MR) is 50.4 cm³/mol. The van der Waals surface area contributed by atoms with Crippen molar-refractivity contribution >= 4 is 28.5 Å². The van der Waals surface area contributed by atoms with Crippen LogP contribution in [0.15, 0.2) is 12.1 Å². The van der Waals surface area contributed by atoms with Crippen LogP contribution in [-0.4, -0.2) is 10.9 Å². The lowest BCUT2D eigenvalue weighted by Crippen LogP contribution is -2.14. The van der Waals surface area contributed by atoms with Crippen LogP contribution < -0.4 is 5.73 Å². The first-order chi connectivity index (χ1) is 6.02. The average Bonchev–Trinajstić information content (AvgIpc) is 2.04. The molecule has 1 heterocycles. The van der Waals surface area contributed by atoms with E-state index in [4.69, 9.17) is 5.73 Å². The Hall–Kier alpha value is -0.790. The number of primary amides is 1. The monoisotopic (exact) mass is 298 g/mol. The van der Waals surface area contributed by atoms with Gasteiger partial charge in [-0.3, -0.25) is 4.79 Å². The van der Waals surface area contributed by atoms with Gasteiger partial charge in [0.15, 0.2) is 0 Å². The maximum atomic E-state index is 12.3. The Morgan fingerprint density at radius 2 is 2.15 bits per heavy atom. The zero-order chi connectivity index (χ0) is 10.0. The number of nitrogens with two attached hydrogens (primary N) is 1. The normalized spacial score (nSPS) is 10.5. The number of nitrogens with zero attached hydrogens (tertiary/aromatic N) is 1. The molecule has 0 aliphatic rings. The number of hydrogen-bond donors (Lipinski definition) is 1. The molecule has 1 rings (SSSR count). The molecule has 0 aliphatic heterocycles. The van der Waals surface area contributed by atoms with E-state index in [1.54, 1.807) is 22.6 Å². The maximum absolute atomic E-state index is 12.3. The third-order valence-electron chi connectivity index (χ3n) is 1.33. The van der Waals surface area contributed by atoms with Crippen LogP contribution >= 0.6 is 22.6 Å². The van der Waals surface area contributed by atoms with E-state index < -0.39 is 18.0 Å². The van der Waals surface area contributed by atoms with Crippen molar-refractivity contribution in [2.75, 3.05) is 0 Å². The molecule has 3 nitrogen and oxygen atoms in total. The van der Waals surface area contributed by atoms with Crippen molar-refractivity contribution in [3.63, 3.8) is 0 Å². The van der Waals surface area contributed by atoms with E-state index in [0.717, 1.165) is 0 Å². The number of pyridine rings is 1. The topological polar surface area (TPSA) is 56.0 Å². The van der Waals surface area contributed by atoms with Crippen LogP contribution in [0.4, 0.5) is 8.78 Å². The molecule has 0 atom stereocenters. The summed E-state index contributed by atoms with van der Waals surface area (Å²) in [6, 6.07) is 2.70. The summed E-state index contributed by atoms with van der Waals surface area (Å²) in [4.78, 5) is 14.0. The summed E-state index contributed by atoms with van der Waals surface area (Å²) < 4.78 is 24.8. The molecule has 0 saturated heterocycles. The summed E-state index contributed by atoms with van der Waals surface area (Å²) in [6.45, 7) is 0. The molecular formula is C7H5F2IN2O. The fourth-order valence-corrected chi connectivity index (χ4v) is 1.28. The summed E-state index contributed by atoms with van der Waals surface area (Å²) in [6.07, 6.45) is -2.69. The molecule has 1 aromatic rings. The maximum Gasteiger partial charge on any atom is 0.281 e. The van der Waals surface area contributed by atoms with Gasteiger partial charge in [-0.15, -0.1) is 0 Å². The summed E-state index contributed by atoms with van der Waals surface area (Å²) in [5.41, 5.74) is 4.34. The first-order valence-corrected chi connectivity index (χ1v) is 4.34. The fraction of sp³-hybridized carbons (Fsp3) is 0.143. The van der Waals surface area contributed by atoms with Gasteiger partial charge in [0.2, 0.25) is 0 Å². The Kier molecular flexibility index (Phi) is 3.12. The first kappa shape index (κ1) is 10.3. The Morgan fingerprint density at radius 1 is 1.54 bits per heavy atom. The Bertz CT molecular complexity index is 343. The average molecular weight is 298 g/mol. The number of alkyl halides is 2. The van der Waals surface area contributed by atoms with E-state index in [-0.39, 0.29) is 5.69 Å². The third-order valence-corrected chi connectivity index (χ3v) is 2.24. The second-order valence-corrected chi connectivity index (χ2v) is 3.39. The molecule has 0 unspecified atom stereocenters. The SMILES string of the molecule is NC(=O)c1ccc(I)c(C(F)F)n1. The van der Waals surface area contributed by atoms with E-state index in [1.165, 1.54) is 12.1 Å². The van der Waals surface area contributed by atoms with Gasteiger partial charge in [-0.25, -0.2) is 13.8 Å². The van der Waals surface area contributed by atoms with E-state index in [1.807, 2.05) is 0 Å². The Morgan fingerprint density at radius 3 is 2.62 bits per heavy atom. The van der Waals surface area contributed by atoms with Gasteiger partial charge in [-0.05, 0) is 34.7 Å². The van der Waals surface area contributed by atoms with Crippen LogP contribution in [-0.2, 0) is 0 Å². The highest BCUT2D eigenvalue weighted by atomic mass is 127. The molecule has 0 bridgehead atoms. The van der Waals surface area contributed by atoms with Crippen LogP contribution in [0.2, 0.25) is 0 Å². The Labute approximate surface area is 86.5 Å². The lowest BCUT2D eigenvalue weighted by atomic mass is 10.3. The molecule has 0 aliphatic carbocycles. The van der Waals surface area contributed by atoms with E-state index in [0.29, 0.717) is 3.57 Å². The van der Waals surface area contributed by atoms with E-state index >= 15 is 0 Å². The van der Waals surface area contributed by atoms with Gasteiger partial charge in [0, 0.05) is 3.57 Å². The molecule has 0 radical (unpaired) electrons. The molecule has 13 heavy (non-hydrogen) atoms. The predicted octanol–water partition coefficient (Wildman–Crippen LogP) is 1.72. The molecule has 0 spiro atoms. The van der Waals surface area contributed by atoms with Crippen molar-refractivity contribution < 1.29 is 13.6 Å². The van der Waals surface area contributed by atoms with Crippen LogP contribution in [0.5, 0.6) is 0 Å². The Balaban J connectivity index is 3.19. The summed E-state index contributed by atoms with van der Waals surface area (Å²) in [5, 5.41) is 0. The van der Waals surface area contributed by atoms with Crippen LogP contribution in [0.1, 0.15) is 22.6 Å². The van der Waals surface area contributed by atoms with Gasteiger partial charge < -0.3 is 5.73 Å². The van der Waals surface area contributed by atoms with Crippen molar-refractivity contribution in [1.29, 1.82) is 0 Å². The van der Waals surface area contributed by atoms with Gasteiger partial charge in [0.25, 0.3) is 12.3 Å². The number of carbonyl (C=O) groups is 1. The highest BCUT2D eigenvalue weighted by Crippen LogP contribution is 2.22. The summed E-state index contributed by atoms with van der Waals surface area (Å²) in [5.74, 6) is -0.807. The molecule has 0 saturated carbocycles. The van der Waals surface area contributed by atoms with E-state index in [9.17, 15) is 13.6 Å². The molecular weight excluding hydrogens is 293 g/mol. The second kappa shape index (κ2) is 3.95. The first-order valence-electron chi connectivity index (χ1n) is 3.26. The largest absolute Gasteiger partial charge is 0.364 e. The molecule has 2 N–H and O–H groups in total. The number of hydrogen-bond acceptors (Lipinski definition) is 2. The van der Waals surface area contributed by atoms with Gasteiger partial charge in [-0.1, -0.05) is 0 Å². The molecule has 0 aromatic carbocycles. The summed E-state index contributed by atoms with van der Waals surface area (Å²) in [7, 11) is 0. The van der Waals surface area contributed by atoms with Crippen molar-refractivity contribution in [3.8, 4) is 0 Å². The standard InChI is InChI=1S/C7H5F2IN2O/c8-6(9)5-3(10)1-2-4(12-5)7(11)13/h1-2,6H,(H2,11,13). The number of rotatable bonds is 2.